The summed E-state index contributed by atoms with van der Waals surface area (Å²) in [5.74, 6) is 0. The van der Waals surface area contributed by atoms with Crippen molar-refractivity contribution in [2.45, 2.75) is 25.3 Å². The lowest BCUT2D eigenvalue weighted by Gasteiger charge is -2.22. The molecule has 0 aliphatic carbocycles. The van der Waals surface area contributed by atoms with Gasteiger partial charge in [0.1, 0.15) is 0 Å². The van der Waals surface area contributed by atoms with E-state index in [1.165, 1.54) is 4.31 Å². The SMILES string of the molecule is CCN(Cc1cccc(C)c1)S(=O)(=O)c1cccc2ccccc12. The Morgan fingerprint density at radius 1 is 0.917 bits per heavy atom. The van der Waals surface area contributed by atoms with Crippen LogP contribution in [-0.2, 0) is 16.6 Å². The Hall–Kier alpha value is -2.17. The first-order chi connectivity index (χ1) is 11.5. The van der Waals surface area contributed by atoms with Gasteiger partial charge in [-0.25, -0.2) is 8.42 Å². The number of fused-ring (bicyclic) bond motifs is 1. The van der Waals surface area contributed by atoms with Crippen molar-refractivity contribution < 1.29 is 8.42 Å². The van der Waals surface area contributed by atoms with Gasteiger partial charge in [0.05, 0.1) is 4.90 Å². The third-order valence-electron chi connectivity index (χ3n) is 4.16. The minimum atomic E-state index is -3.56. The molecule has 0 bridgehead atoms. The zero-order valence-corrected chi connectivity index (χ0v) is 14.8. The average molecular weight is 339 g/mol. The van der Waals surface area contributed by atoms with Gasteiger partial charge in [0.2, 0.25) is 10.0 Å². The molecule has 24 heavy (non-hydrogen) atoms. The molecule has 0 unspecified atom stereocenters. The Morgan fingerprint density at radius 3 is 2.38 bits per heavy atom. The van der Waals surface area contributed by atoms with Gasteiger partial charge in [0.25, 0.3) is 0 Å². The molecule has 124 valence electrons. The predicted molar refractivity (Wildman–Crippen MR) is 98.4 cm³/mol. The summed E-state index contributed by atoms with van der Waals surface area (Å²) in [6.07, 6.45) is 0. The fourth-order valence-corrected chi connectivity index (χ4v) is 4.59. The van der Waals surface area contributed by atoms with Gasteiger partial charge in [-0.1, -0.05) is 73.2 Å². The maximum absolute atomic E-state index is 13.2. The normalized spacial score (nSPS) is 12.0. The van der Waals surface area contributed by atoms with Crippen LogP contribution in [0.25, 0.3) is 10.8 Å². The van der Waals surface area contributed by atoms with E-state index in [4.69, 9.17) is 0 Å². The lowest BCUT2D eigenvalue weighted by Crippen LogP contribution is -2.30. The molecule has 0 atom stereocenters. The highest BCUT2D eigenvalue weighted by molar-refractivity contribution is 7.89. The Kier molecular flexibility index (Phi) is 4.69. The largest absolute Gasteiger partial charge is 0.243 e. The number of benzene rings is 3. The number of hydrogen-bond donors (Lipinski definition) is 0. The third kappa shape index (κ3) is 3.21. The molecular formula is C20H21NO2S. The number of hydrogen-bond acceptors (Lipinski definition) is 2. The molecule has 3 nitrogen and oxygen atoms in total. The summed E-state index contributed by atoms with van der Waals surface area (Å²) in [5.41, 5.74) is 2.13. The van der Waals surface area contributed by atoms with Crippen molar-refractivity contribution in [2.24, 2.45) is 0 Å². The van der Waals surface area contributed by atoms with Gasteiger partial charge in [-0.15, -0.1) is 0 Å². The van der Waals surface area contributed by atoms with Gasteiger partial charge in [-0.2, -0.15) is 4.31 Å². The quantitative estimate of drug-likeness (QED) is 0.692. The molecule has 3 aromatic carbocycles. The maximum Gasteiger partial charge on any atom is 0.243 e. The van der Waals surface area contributed by atoms with E-state index in [9.17, 15) is 8.42 Å². The second-order valence-electron chi connectivity index (χ2n) is 5.90. The highest BCUT2D eigenvalue weighted by Gasteiger charge is 2.25. The van der Waals surface area contributed by atoms with Crippen LogP contribution in [-0.4, -0.2) is 19.3 Å². The van der Waals surface area contributed by atoms with Gasteiger partial charge < -0.3 is 0 Å². The van der Waals surface area contributed by atoms with Crippen molar-refractivity contribution in [3.63, 3.8) is 0 Å². The summed E-state index contributed by atoms with van der Waals surface area (Å²) >= 11 is 0. The molecule has 0 heterocycles. The predicted octanol–water partition coefficient (Wildman–Crippen LogP) is 4.36. The van der Waals surface area contributed by atoms with E-state index in [0.717, 1.165) is 21.9 Å². The van der Waals surface area contributed by atoms with E-state index in [0.29, 0.717) is 18.0 Å². The third-order valence-corrected chi connectivity index (χ3v) is 6.14. The van der Waals surface area contributed by atoms with E-state index in [-0.39, 0.29) is 0 Å². The first-order valence-corrected chi connectivity index (χ1v) is 9.50. The van der Waals surface area contributed by atoms with Crippen molar-refractivity contribution in [3.8, 4) is 0 Å². The van der Waals surface area contributed by atoms with E-state index in [2.05, 4.69) is 0 Å². The zero-order valence-electron chi connectivity index (χ0n) is 13.9. The summed E-state index contributed by atoms with van der Waals surface area (Å²) in [6, 6.07) is 21.0. The molecule has 3 aromatic rings. The second-order valence-corrected chi connectivity index (χ2v) is 7.80. The van der Waals surface area contributed by atoms with E-state index in [1.54, 1.807) is 12.1 Å². The highest BCUT2D eigenvalue weighted by atomic mass is 32.2. The summed E-state index contributed by atoms with van der Waals surface area (Å²) in [7, 11) is -3.56. The Bertz CT molecular complexity index is 959. The number of rotatable bonds is 5. The molecular weight excluding hydrogens is 318 g/mol. The first kappa shape index (κ1) is 16.7. The maximum atomic E-state index is 13.2. The molecule has 0 amide bonds. The summed E-state index contributed by atoms with van der Waals surface area (Å²) in [4.78, 5) is 0.370. The van der Waals surface area contributed by atoms with Gasteiger partial charge in [-0.05, 0) is 23.9 Å². The van der Waals surface area contributed by atoms with Gasteiger partial charge >= 0.3 is 0 Å². The molecule has 0 spiro atoms. The molecule has 0 N–H and O–H groups in total. The lowest BCUT2D eigenvalue weighted by molar-refractivity contribution is 0.424. The van der Waals surface area contributed by atoms with Crippen LogP contribution >= 0.6 is 0 Å². The lowest BCUT2D eigenvalue weighted by atomic mass is 10.1. The Morgan fingerprint density at radius 2 is 1.62 bits per heavy atom. The Labute approximate surface area is 143 Å². The number of aryl methyl sites for hydroxylation is 1. The van der Waals surface area contributed by atoms with Crippen molar-refractivity contribution in [3.05, 3.63) is 77.9 Å². The fraction of sp³-hybridized carbons (Fsp3) is 0.200. The van der Waals surface area contributed by atoms with Gasteiger partial charge in [0, 0.05) is 18.5 Å². The van der Waals surface area contributed by atoms with Crippen molar-refractivity contribution >= 4 is 20.8 Å². The van der Waals surface area contributed by atoms with Crippen LogP contribution in [0.5, 0.6) is 0 Å². The topological polar surface area (TPSA) is 37.4 Å². The van der Waals surface area contributed by atoms with Crippen molar-refractivity contribution in [1.29, 1.82) is 0 Å². The second kappa shape index (κ2) is 6.75. The number of sulfonamides is 1. The molecule has 0 aromatic heterocycles. The molecule has 0 aliphatic heterocycles. The van der Waals surface area contributed by atoms with E-state index < -0.39 is 10.0 Å². The summed E-state index contributed by atoms with van der Waals surface area (Å²) in [6.45, 7) is 4.70. The molecule has 0 aliphatic rings. The van der Waals surface area contributed by atoms with Gasteiger partial charge in [0.15, 0.2) is 0 Å². The molecule has 0 saturated carbocycles. The molecule has 3 rings (SSSR count). The van der Waals surface area contributed by atoms with Crippen LogP contribution < -0.4 is 0 Å². The minimum absolute atomic E-state index is 0.370. The monoisotopic (exact) mass is 339 g/mol. The van der Waals surface area contributed by atoms with Crippen LogP contribution in [0.2, 0.25) is 0 Å². The van der Waals surface area contributed by atoms with Crippen LogP contribution in [0, 0.1) is 6.92 Å². The summed E-state index contributed by atoms with van der Waals surface area (Å²) in [5, 5.41) is 1.70. The standard InChI is InChI=1S/C20H21NO2S/c1-3-21(15-17-9-6-8-16(2)14-17)24(22,23)20-13-7-11-18-10-4-5-12-19(18)20/h4-14H,3,15H2,1-2H3. The van der Waals surface area contributed by atoms with Crippen LogP contribution in [0.3, 0.4) is 0 Å². The fourth-order valence-electron chi connectivity index (χ4n) is 2.94. The van der Waals surface area contributed by atoms with E-state index >= 15 is 0 Å². The van der Waals surface area contributed by atoms with Crippen LogP contribution in [0.1, 0.15) is 18.1 Å². The molecule has 0 fully saturated rings. The highest BCUT2D eigenvalue weighted by Crippen LogP contribution is 2.26. The number of nitrogens with zero attached hydrogens (tertiary/aromatic N) is 1. The Balaban J connectivity index is 2.04. The minimum Gasteiger partial charge on any atom is -0.207 e. The molecule has 4 heteroatoms. The zero-order chi connectivity index (χ0) is 17.2. The van der Waals surface area contributed by atoms with Crippen molar-refractivity contribution in [1.82, 2.24) is 4.31 Å². The van der Waals surface area contributed by atoms with Crippen LogP contribution in [0.15, 0.2) is 71.6 Å². The smallest absolute Gasteiger partial charge is 0.207 e. The van der Waals surface area contributed by atoms with Crippen LogP contribution in [0.4, 0.5) is 0 Å². The van der Waals surface area contributed by atoms with E-state index in [1.807, 2.05) is 68.4 Å². The van der Waals surface area contributed by atoms with Gasteiger partial charge in [-0.3, -0.25) is 0 Å². The average Bonchev–Trinajstić information content (AvgIpc) is 2.59. The first-order valence-electron chi connectivity index (χ1n) is 8.06. The molecule has 0 saturated heterocycles. The summed E-state index contributed by atoms with van der Waals surface area (Å²) < 4.78 is 27.9. The van der Waals surface area contributed by atoms with Crippen molar-refractivity contribution in [2.75, 3.05) is 6.54 Å². The molecule has 0 radical (unpaired) electrons.